The molecule has 2 nitrogen and oxygen atoms in total. The van der Waals surface area contributed by atoms with E-state index in [4.69, 9.17) is 9.72 Å². The van der Waals surface area contributed by atoms with Crippen molar-refractivity contribution in [3.05, 3.63) is 113 Å². The van der Waals surface area contributed by atoms with Crippen LogP contribution in [0.5, 0.6) is 11.5 Å². The van der Waals surface area contributed by atoms with E-state index in [1.165, 1.54) is 33.4 Å². The molecule has 0 amide bonds. The first-order chi connectivity index (χ1) is 18.8. The van der Waals surface area contributed by atoms with Gasteiger partial charge in [-0.25, -0.2) is 0 Å². The van der Waals surface area contributed by atoms with Crippen LogP contribution in [0.3, 0.4) is 0 Å². The molecule has 0 spiro atoms. The van der Waals surface area contributed by atoms with E-state index in [1.54, 1.807) is 0 Å². The van der Waals surface area contributed by atoms with E-state index in [9.17, 15) is 0 Å². The largest absolute Gasteiger partial charge is 0.455 e. The molecule has 0 saturated heterocycles. The maximum Gasteiger partial charge on any atom is 0.142 e. The van der Waals surface area contributed by atoms with Crippen molar-refractivity contribution in [2.24, 2.45) is 0 Å². The van der Waals surface area contributed by atoms with Crippen molar-refractivity contribution in [2.75, 3.05) is 0 Å². The maximum absolute atomic E-state index is 7.06. The van der Waals surface area contributed by atoms with Crippen molar-refractivity contribution in [1.82, 2.24) is 4.98 Å². The summed E-state index contributed by atoms with van der Waals surface area (Å²) in [6, 6.07) is 26.5. The minimum Gasteiger partial charge on any atom is -0.455 e. The van der Waals surface area contributed by atoms with E-state index in [0.29, 0.717) is 0 Å². The molecule has 2 heterocycles. The predicted molar refractivity (Wildman–Crippen MR) is 162 cm³/mol. The van der Waals surface area contributed by atoms with Gasteiger partial charge in [-0.1, -0.05) is 113 Å². The Bertz CT molecular complexity index is 1930. The van der Waals surface area contributed by atoms with Gasteiger partial charge in [0.15, 0.2) is 0 Å². The number of hydrogen-bond acceptors (Lipinski definition) is 2. The van der Waals surface area contributed by atoms with Crippen LogP contribution < -0.4 is 4.74 Å². The summed E-state index contributed by atoms with van der Waals surface area (Å²) >= 11 is 0. The Balaban J connectivity index is 1.45. The van der Waals surface area contributed by atoms with Gasteiger partial charge in [0.05, 0.1) is 5.52 Å². The number of allylic oxidation sites excluding steroid dienone is 2. The molecule has 8 rings (SSSR count). The second-order valence-electron chi connectivity index (χ2n) is 12.2. The molecule has 1 aliphatic heterocycles. The van der Waals surface area contributed by atoms with Crippen LogP contribution in [0.4, 0.5) is 0 Å². The highest BCUT2D eigenvalue weighted by Gasteiger charge is 2.34. The van der Waals surface area contributed by atoms with Crippen LogP contribution in [0.1, 0.15) is 49.9 Å². The lowest BCUT2D eigenvalue weighted by molar-refractivity contribution is 0.482. The van der Waals surface area contributed by atoms with Crippen LogP contribution in [-0.4, -0.2) is 4.98 Å². The van der Waals surface area contributed by atoms with Crippen molar-refractivity contribution < 1.29 is 4.74 Å². The number of ether oxygens (including phenoxy) is 1. The molecule has 0 radical (unpaired) electrons. The summed E-state index contributed by atoms with van der Waals surface area (Å²) in [5.41, 5.74) is 12.9. The molecule has 4 aromatic carbocycles. The minimum absolute atomic E-state index is 0.0164. The van der Waals surface area contributed by atoms with E-state index in [2.05, 4.69) is 119 Å². The van der Waals surface area contributed by atoms with Crippen LogP contribution in [0.2, 0.25) is 0 Å². The summed E-state index contributed by atoms with van der Waals surface area (Å²) in [6.45, 7) is 9.09. The first kappa shape index (κ1) is 22.5. The summed E-state index contributed by atoms with van der Waals surface area (Å²) < 4.78 is 7.06. The average molecular weight is 504 g/mol. The molecule has 0 N–H and O–H groups in total. The van der Waals surface area contributed by atoms with Gasteiger partial charge in [-0.2, -0.15) is 0 Å². The van der Waals surface area contributed by atoms with E-state index >= 15 is 0 Å². The summed E-state index contributed by atoms with van der Waals surface area (Å²) in [4.78, 5) is 4.74. The number of fused-ring (bicyclic) bond motifs is 10. The number of rotatable bonds is 1. The zero-order valence-corrected chi connectivity index (χ0v) is 22.7. The Kier molecular flexibility index (Phi) is 4.38. The smallest absolute Gasteiger partial charge is 0.142 e. The van der Waals surface area contributed by atoms with E-state index in [-0.39, 0.29) is 10.8 Å². The van der Waals surface area contributed by atoms with Crippen LogP contribution in [0.25, 0.3) is 56.4 Å². The van der Waals surface area contributed by atoms with Gasteiger partial charge in [-0.05, 0) is 39.9 Å². The molecule has 2 aliphatic carbocycles. The highest BCUT2D eigenvalue weighted by Crippen LogP contribution is 2.55. The normalized spacial score (nSPS) is 16.6. The zero-order chi connectivity index (χ0) is 26.5. The molecule has 5 aromatic rings. The first-order valence-corrected chi connectivity index (χ1v) is 13.7. The fraction of sp³-hybridized carbons (Fsp3) is 0.162. The molecule has 3 aliphatic rings. The van der Waals surface area contributed by atoms with E-state index < -0.39 is 0 Å². The monoisotopic (exact) mass is 503 g/mol. The summed E-state index contributed by atoms with van der Waals surface area (Å²) in [5, 5.41) is 1.15. The SMILES string of the molecule is CC1(C)C=Cc2c1ccc1c2Oc2c(ccc3c2C=CC3(C)C)-c2cc(-c3cccc4cccnc34)ccc2-1. The number of benzene rings is 4. The fourth-order valence-electron chi connectivity index (χ4n) is 6.67. The molecule has 0 bridgehead atoms. The fourth-order valence-corrected chi connectivity index (χ4v) is 6.67. The number of aromatic nitrogens is 1. The Hall–Kier alpha value is -4.43. The molecule has 2 heteroatoms. The standard InChI is InChI=1S/C37H29NO/c1-36(2)18-16-28-31(36)14-12-26-25-11-10-23(24-9-5-7-22-8-6-20-38-33(22)24)21-30(25)27-13-15-32-29(17-19-37(32,3)4)35(27)39-34(26)28/h5-21H,1-4H3. The molecule has 0 unspecified atom stereocenters. The summed E-state index contributed by atoms with van der Waals surface area (Å²) in [6.07, 6.45) is 11.0. The second kappa shape index (κ2) is 7.57. The van der Waals surface area contributed by atoms with Gasteiger partial charge in [0.25, 0.3) is 0 Å². The van der Waals surface area contributed by atoms with Gasteiger partial charge in [0.2, 0.25) is 0 Å². The highest BCUT2D eigenvalue weighted by atomic mass is 16.5. The third kappa shape index (κ3) is 3.12. The molecular weight excluding hydrogens is 474 g/mol. The molecule has 0 fully saturated rings. The van der Waals surface area contributed by atoms with Crippen molar-refractivity contribution in [2.45, 2.75) is 38.5 Å². The van der Waals surface area contributed by atoms with E-state index in [1.807, 2.05) is 12.3 Å². The van der Waals surface area contributed by atoms with Gasteiger partial charge in [0.1, 0.15) is 11.5 Å². The average Bonchev–Trinajstić information content (AvgIpc) is 3.37. The quantitative estimate of drug-likeness (QED) is 0.223. The summed E-state index contributed by atoms with van der Waals surface area (Å²) in [7, 11) is 0. The highest BCUT2D eigenvalue weighted by molar-refractivity contribution is 6.00. The van der Waals surface area contributed by atoms with Gasteiger partial charge in [-0.15, -0.1) is 0 Å². The van der Waals surface area contributed by atoms with Gasteiger partial charge in [-0.3, -0.25) is 4.98 Å². The first-order valence-electron chi connectivity index (χ1n) is 13.7. The molecule has 1 aromatic heterocycles. The molecule has 0 atom stereocenters. The number of pyridine rings is 1. The van der Waals surface area contributed by atoms with Gasteiger partial charge < -0.3 is 4.74 Å². The number of nitrogens with zero attached hydrogens (tertiary/aromatic N) is 1. The zero-order valence-electron chi connectivity index (χ0n) is 22.7. The minimum atomic E-state index is -0.0251. The Morgan fingerprint density at radius 3 is 1.90 bits per heavy atom. The van der Waals surface area contributed by atoms with Gasteiger partial charge >= 0.3 is 0 Å². The number of hydrogen-bond donors (Lipinski definition) is 0. The lowest BCUT2D eigenvalue weighted by Crippen LogP contribution is -2.11. The van der Waals surface area contributed by atoms with Crippen molar-refractivity contribution >= 4 is 23.1 Å². The molecule has 0 saturated carbocycles. The molecule has 188 valence electrons. The Labute approximate surface area is 229 Å². The van der Waals surface area contributed by atoms with Crippen LogP contribution in [0.15, 0.2) is 91.1 Å². The third-order valence-corrected chi connectivity index (χ3v) is 8.86. The molecular formula is C37H29NO. The number of para-hydroxylation sites is 1. The van der Waals surface area contributed by atoms with Gasteiger partial charge in [0, 0.05) is 50.2 Å². The third-order valence-electron chi connectivity index (χ3n) is 8.86. The Morgan fingerprint density at radius 2 is 1.21 bits per heavy atom. The second-order valence-corrected chi connectivity index (χ2v) is 12.2. The van der Waals surface area contributed by atoms with Crippen LogP contribution in [-0.2, 0) is 10.8 Å². The van der Waals surface area contributed by atoms with Crippen molar-refractivity contribution in [1.29, 1.82) is 0 Å². The molecule has 39 heavy (non-hydrogen) atoms. The van der Waals surface area contributed by atoms with Crippen LogP contribution in [0, 0.1) is 0 Å². The predicted octanol–water partition coefficient (Wildman–Crippen LogP) is 9.95. The topological polar surface area (TPSA) is 22.1 Å². The van der Waals surface area contributed by atoms with Crippen molar-refractivity contribution in [3.8, 4) is 44.9 Å². The lowest BCUT2D eigenvalue weighted by atomic mass is 9.83. The maximum atomic E-state index is 7.06. The Morgan fingerprint density at radius 1 is 0.590 bits per heavy atom. The lowest BCUT2D eigenvalue weighted by Gasteiger charge is -2.22. The van der Waals surface area contributed by atoms with Crippen LogP contribution >= 0.6 is 0 Å². The summed E-state index contributed by atoms with van der Waals surface area (Å²) in [5.74, 6) is 1.91. The van der Waals surface area contributed by atoms with Crippen molar-refractivity contribution in [3.63, 3.8) is 0 Å². The van der Waals surface area contributed by atoms with E-state index in [0.717, 1.165) is 44.7 Å².